The molecular weight excluding hydrogens is 274 g/mol. The van der Waals surface area contributed by atoms with E-state index < -0.39 is 0 Å². The van der Waals surface area contributed by atoms with Gasteiger partial charge in [-0.3, -0.25) is 0 Å². The van der Waals surface area contributed by atoms with Crippen molar-refractivity contribution >= 4 is 0 Å². The first-order valence-corrected chi connectivity index (χ1v) is 7.40. The fourth-order valence-corrected chi connectivity index (χ4v) is 1.95. The van der Waals surface area contributed by atoms with Crippen LogP contribution >= 0.6 is 0 Å². The molecule has 0 aliphatic heterocycles. The molecule has 0 N–H and O–H groups in total. The van der Waals surface area contributed by atoms with Gasteiger partial charge in [-0.05, 0) is 50.5 Å². The number of allylic oxidation sites excluding steroid dienone is 2. The molecule has 112 valence electrons. The molecular formula is C18H19N3O. The summed E-state index contributed by atoms with van der Waals surface area (Å²) in [6, 6.07) is 9.29. The number of unbranched alkanes of at least 4 members (excludes halogenated alkanes) is 2. The van der Waals surface area contributed by atoms with E-state index in [1.54, 1.807) is 24.5 Å². The molecule has 0 radical (unpaired) electrons. The summed E-state index contributed by atoms with van der Waals surface area (Å²) >= 11 is 0. The van der Waals surface area contributed by atoms with Crippen LogP contribution in [-0.2, 0) is 0 Å². The molecule has 4 nitrogen and oxygen atoms in total. The molecule has 1 aromatic carbocycles. The van der Waals surface area contributed by atoms with E-state index >= 15 is 0 Å². The van der Waals surface area contributed by atoms with Crippen LogP contribution in [0.3, 0.4) is 0 Å². The number of nitriles is 1. The van der Waals surface area contributed by atoms with E-state index in [2.05, 4.69) is 28.2 Å². The zero-order valence-corrected chi connectivity index (χ0v) is 12.7. The van der Waals surface area contributed by atoms with E-state index in [1.807, 2.05) is 19.1 Å². The normalized spacial score (nSPS) is 10.5. The maximum atomic E-state index is 8.78. The Kier molecular flexibility index (Phi) is 6.13. The van der Waals surface area contributed by atoms with Crippen LogP contribution in [0, 0.1) is 11.3 Å². The Morgan fingerprint density at radius 1 is 1.14 bits per heavy atom. The molecule has 22 heavy (non-hydrogen) atoms. The summed E-state index contributed by atoms with van der Waals surface area (Å²) in [6.45, 7) is 2.71. The number of hydrogen-bond donors (Lipinski definition) is 0. The standard InChI is InChI=1S/C18H19N3O/c1-2-3-4-5-6-11-22-17-13-20-18(21-14-17)16-9-7-15(12-19)8-10-16/h2-3,7-10,13-14H,4-6,11H2,1H3. The molecule has 0 saturated heterocycles. The van der Waals surface area contributed by atoms with Gasteiger partial charge in [0, 0.05) is 5.56 Å². The van der Waals surface area contributed by atoms with Crippen molar-refractivity contribution in [3.63, 3.8) is 0 Å². The summed E-state index contributed by atoms with van der Waals surface area (Å²) in [5.41, 5.74) is 1.51. The molecule has 0 saturated carbocycles. The van der Waals surface area contributed by atoms with Gasteiger partial charge < -0.3 is 4.74 Å². The monoisotopic (exact) mass is 293 g/mol. The van der Waals surface area contributed by atoms with Gasteiger partial charge >= 0.3 is 0 Å². The van der Waals surface area contributed by atoms with Crippen molar-refractivity contribution < 1.29 is 4.74 Å². The van der Waals surface area contributed by atoms with Gasteiger partial charge in [0.05, 0.1) is 30.6 Å². The van der Waals surface area contributed by atoms with Crippen LogP contribution in [0.5, 0.6) is 5.75 Å². The fraction of sp³-hybridized carbons (Fsp3) is 0.278. The molecule has 1 heterocycles. The van der Waals surface area contributed by atoms with E-state index in [9.17, 15) is 0 Å². The molecule has 0 atom stereocenters. The van der Waals surface area contributed by atoms with Crippen LogP contribution in [0.2, 0.25) is 0 Å². The average Bonchev–Trinajstić information content (AvgIpc) is 2.59. The Balaban J connectivity index is 1.86. The number of aromatic nitrogens is 2. The maximum Gasteiger partial charge on any atom is 0.159 e. The van der Waals surface area contributed by atoms with Crippen LogP contribution in [-0.4, -0.2) is 16.6 Å². The smallest absolute Gasteiger partial charge is 0.159 e. The van der Waals surface area contributed by atoms with Crippen LogP contribution in [0.25, 0.3) is 11.4 Å². The lowest BCUT2D eigenvalue weighted by Crippen LogP contribution is -1.99. The van der Waals surface area contributed by atoms with Crippen LogP contribution in [0.4, 0.5) is 0 Å². The minimum Gasteiger partial charge on any atom is -0.490 e. The van der Waals surface area contributed by atoms with E-state index in [1.165, 1.54) is 0 Å². The molecule has 0 aliphatic rings. The van der Waals surface area contributed by atoms with Crippen molar-refractivity contribution in [3.8, 4) is 23.2 Å². The van der Waals surface area contributed by atoms with Gasteiger partial charge in [-0.2, -0.15) is 5.26 Å². The number of rotatable bonds is 7. The number of benzene rings is 1. The second kappa shape index (κ2) is 8.58. The van der Waals surface area contributed by atoms with E-state index in [-0.39, 0.29) is 0 Å². The summed E-state index contributed by atoms with van der Waals surface area (Å²) < 4.78 is 5.62. The molecule has 2 aromatic rings. The highest BCUT2D eigenvalue weighted by Gasteiger charge is 2.02. The lowest BCUT2D eigenvalue weighted by atomic mass is 10.1. The van der Waals surface area contributed by atoms with Gasteiger partial charge in [-0.15, -0.1) is 0 Å². The van der Waals surface area contributed by atoms with Crippen molar-refractivity contribution in [2.45, 2.75) is 26.2 Å². The van der Waals surface area contributed by atoms with Gasteiger partial charge in [-0.1, -0.05) is 12.2 Å². The average molecular weight is 293 g/mol. The topological polar surface area (TPSA) is 58.8 Å². The second-order valence-corrected chi connectivity index (χ2v) is 4.84. The molecule has 4 heteroatoms. The first-order valence-electron chi connectivity index (χ1n) is 7.40. The molecule has 0 aliphatic carbocycles. The van der Waals surface area contributed by atoms with Crippen molar-refractivity contribution in [1.82, 2.24) is 9.97 Å². The lowest BCUT2D eigenvalue weighted by Gasteiger charge is -2.05. The Hall–Kier alpha value is -2.67. The summed E-state index contributed by atoms with van der Waals surface area (Å²) in [6.07, 6.45) is 10.8. The van der Waals surface area contributed by atoms with Gasteiger partial charge in [0.2, 0.25) is 0 Å². The molecule has 0 spiro atoms. The third-order valence-corrected chi connectivity index (χ3v) is 3.17. The first kappa shape index (κ1) is 15.7. The SMILES string of the molecule is CC=CCCCCOc1cnc(-c2ccc(C#N)cc2)nc1. The Morgan fingerprint density at radius 2 is 1.86 bits per heavy atom. The highest BCUT2D eigenvalue weighted by molar-refractivity contribution is 5.56. The highest BCUT2D eigenvalue weighted by Crippen LogP contribution is 2.17. The van der Waals surface area contributed by atoms with Crippen LogP contribution in [0.1, 0.15) is 31.7 Å². The molecule has 0 fully saturated rings. The zero-order chi connectivity index (χ0) is 15.6. The van der Waals surface area contributed by atoms with E-state index in [0.717, 1.165) is 24.8 Å². The van der Waals surface area contributed by atoms with Crippen molar-refractivity contribution in [2.75, 3.05) is 6.61 Å². The molecule has 2 rings (SSSR count). The molecule has 0 bridgehead atoms. The molecule has 0 unspecified atom stereocenters. The summed E-state index contributed by atoms with van der Waals surface area (Å²) in [5.74, 6) is 1.31. The number of ether oxygens (including phenoxy) is 1. The predicted molar refractivity (Wildman–Crippen MR) is 86.3 cm³/mol. The van der Waals surface area contributed by atoms with E-state index in [0.29, 0.717) is 23.7 Å². The quantitative estimate of drug-likeness (QED) is 0.568. The molecule has 1 aromatic heterocycles. The second-order valence-electron chi connectivity index (χ2n) is 4.84. The summed E-state index contributed by atoms with van der Waals surface area (Å²) in [5, 5.41) is 8.78. The minimum absolute atomic E-state index is 0.627. The fourth-order valence-electron chi connectivity index (χ4n) is 1.95. The number of hydrogen-bond acceptors (Lipinski definition) is 4. The Labute approximate surface area is 131 Å². The van der Waals surface area contributed by atoms with Gasteiger partial charge in [0.1, 0.15) is 0 Å². The van der Waals surface area contributed by atoms with E-state index in [4.69, 9.17) is 10.00 Å². The van der Waals surface area contributed by atoms with Crippen LogP contribution < -0.4 is 4.74 Å². The predicted octanol–water partition coefficient (Wildman–Crippen LogP) is 4.14. The van der Waals surface area contributed by atoms with Crippen LogP contribution in [0.15, 0.2) is 48.8 Å². The van der Waals surface area contributed by atoms with Crippen molar-refractivity contribution in [1.29, 1.82) is 5.26 Å². The zero-order valence-electron chi connectivity index (χ0n) is 12.7. The third kappa shape index (κ3) is 4.71. The lowest BCUT2D eigenvalue weighted by molar-refractivity contribution is 0.305. The third-order valence-electron chi connectivity index (χ3n) is 3.17. The van der Waals surface area contributed by atoms with Gasteiger partial charge in [-0.25, -0.2) is 9.97 Å². The van der Waals surface area contributed by atoms with Gasteiger partial charge in [0.15, 0.2) is 11.6 Å². The number of nitrogens with zero attached hydrogens (tertiary/aromatic N) is 3. The van der Waals surface area contributed by atoms with Gasteiger partial charge in [0.25, 0.3) is 0 Å². The minimum atomic E-state index is 0.627. The highest BCUT2D eigenvalue weighted by atomic mass is 16.5. The van der Waals surface area contributed by atoms with Crippen molar-refractivity contribution in [2.24, 2.45) is 0 Å². The largest absolute Gasteiger partial charge is 0.490 e. The Bertz CT molecular complexity index is 640. The summed E-state index contributed by atoms with van der Waals surface area (Å²) in [7, 11) is 0. The first-order chi connectivity index (χ1) is 10.8. The summed E-state index contributed by atoms with van der Waals surface area (Å²) in [4.78, 5) is 8.61. The Morgan fingerprint density at radius 3 is 2.50 bits per heavy atom. The maximum absolute atomic E-state index is 8.78. The molecule has 0 amide bonds. The van der Waals surface area contributed by atoms with Crippen molar-refractivity contribution in [3.05, 3.63) is 54.4 Å².